The summed E-state index contributed by atoms with van der Waals surface area (Å²) in [4.78, 5) is 6.86. The largest absolute Gasteiger partial charge is 0.491 e. The van der Waals surface area contributed by atoms with Gasteiger partial charge in [-0.15, -0.1) is 24.0 Å². The molecule has 0 radical (unpaired) electrons. The molecular formula is C23H39IN4O3. The minimum Gasteiger partial charge on any atom is -0.491 e. The van der Waals surface area contributed by atoms with Crippen LogP contribution in [0.25, 0.3) is 0 Å². The van der Waals surface area contributed by atoms with Gasteiger partial charge in [0.2, 0.25) is 0 Å². The molecule has 0 aliphatic carbocycles. The van der Waals surface area contributed by atoms with Crippen LogP contribution in [0.3, 0.4) is 0 Å². The van der Waals surface area contributed by atoms with Gasteiger partial charge in [-0.25, -0.2) is 0 Å². The molecule has 31 heavy (non-hydrogen) atoms. The van der Waals surface area contributed by atoms with Crippen molar-refractivity contribution in [3.63, 3.8) is 0 Å². The van der Waals surface area contributed by atoms with Crippen molar-refractivity contribution in [1.29, 1.82) is 0 Å². The molecule has 1 unspecified atom stereocenters. The van der Waals surface area contributed by atoms with Gasteiger partial charge in [0.05, 0.1) is 19.3 Å². The van der Waals surface area contributed by atoms with Crippen molar-refractivity contribution in [2.45, 2.75) is 51.8 Å². The van der Waals surface area contributed by atoms with Crippen LogP contribution in [0.15, 0.2) is 23.2 Å². The number of halogens is 1. The van der Waals surface area contributed by atoms with Crippen molar-refractivity contribution in [2.75, 3.05) is 53.1 Å². The van der Waals surface area contributed by atoms with Gasteiger partial charge in [-0.1, -0.05) is 12.1 Å². The molecule has 2 heterocycles. The number of hydrogen-bond acceptors (Lipinski definition) is 5. The maximum Gasteiger partial charge on any atom is 0.191 e. The third kappa shape index (κ3) is 8.07. The molecule has 1 aromatic rings. The van der Waals surface area contributed by atoms with Gasteiger partial charge >= 0.3 is 0 Å². The van der Waals surface area contributed by atoms with Crippen molar-refractivity contribution in [2.24, 2.45) is 4.99 Å². The topological polar surface area (TPSA) is 67.4 Å². The Labute approximate surface area is 204 Å². The van der Waals surface area contributed by atoms with Gasteiger partial charge in [0, 0.05) is 50.9 Å². The first-order valence-electron chi connectivity index (χ1n) is 11.1. The quantitative estimate of drug-likeness (QED) is 0.297. The third-order valence-corrected chi connectivity index (χ3v) is 5.90. The van der Waals surface area contributed by atoms with Crippen LogP contribution in [-0.2, 0) is 16.0 Å². The second-order valence-corrected chi connectivity index (χ2v) is 8.75. The normalized spacial score (nSPS) is 20.3. The van der Waals surface area contributed by atoms with Crippen LogP contribution in [0.4, 0.5) is 0 Å². The second kappa shape index (κ2) is 12.8. The zero-order valence-corrected chi connectivity index (χ0v) is 21.7. The highest BCUT2D eigenvalue weighted by atomic mass is 127. The van der Waals surface area contributed by atoms with Gasteiger partial charge in [-0.3, -0.25) is 9.89 Å². The molecule has 1 atom stereocenters. The molecule has 2 fully saturated rings. The maximum absolute atomic E-state index is 6.12. The Bertz CT molecular complexity index is 702. The van der Waals surface area contributed by atoms with Crippen LogP contribution in [0, 0.1) is 6.92 Å². The van der Waals surface area contributed by atoms with E-state index in [1.165, 1.54) is 5.56 Å². The number of hydrogen-bond donors (Lipinski definition) is 2. The number of guanidine groups is 1. The summed E-state index contributed by atoms with van der Waals surface area (Å²) >= 11 is 0. The second-order valence-electron chi connectivity index (χ2n) is 8.75. The van der Waals surface area contributed by atoms with Crippen LogP contribution in [-0.4, -0.2) is 75.6 Å². The summed E-state index contributed by atoms with van der Waals surface area (Å²) in [6.07, 6.45) is 2.41. The number of nitrogens with one attached hydrogen (secondary N) is 2. The van der Waals surface area contributed by atoms with Gasteiger partial charge in [0.15, 0.2) is 5.96 Å². The molecule has 0 spiro atoms. The molecule has 7 nitrogen and oxygen atoms in total. The summed E-state index contributed by atoms with van der Waals surface area (Å²) in [5.74, 6) is 1.71. The zero-order valence-electron chi connectivity index (χ0n) is 19.4. The summed E-state index contributed by atoms with van der Waals surface area (Å²) in [6, 6.07) is 6.34. The van der Waals surface area contributed by atoms with E-state index in [1.54, 1.807) is 7.05 Å². The minimum atomic E-state index is 0. The molecule has 0 aromatic heterocycles. The fourth-order valence-electron chi connectivity index (χ4n) is 3.88. The molecule has 3 rings (SSSR count). The number of morpholine rings is 1. The Morgan fingerprint density at radius 2 is 2.00 bits per heavy atom. The Balaban J connectivity index is 0.00000341. The van der Waals surface area contributed by atoms with Crippen molar-refractivity contribution in [3.8, 4) is 5.75 Å². The lowest BCUT2D eigenvalue weighted by Crippen LogP contribution is -2.56. The van der Waals surface area contributed by atoms with E-state index in [0.29, 0.717) is 13.2 Å². The lowest BCUT2D eigenvalue weighted by Gasteiger charge is -2.41. The van der Waals surface area contributed by atoms with E-state index in [4.69, 9.17) is 14.2 Å². The first-order chi connectivity index (χ1) is 14.5. The van der Waals surface area contributed by atoms with E-state index >= 15 is 0 Å². The summed E-state index contributed by atoms with van der Waals surface area (Å²) in [6.45, 7) is 13.1. The van der Waals surface area contributed by atoms with E-state index < -0.39 is 0 Å². The molecule has 2 aliphatic rings. The summed E-state index contributed by atoms with van der Waals surface area (Å²) in [5, 5.41) is 6.91. The van der Waals surface area contributed by atoms with E-state index in [-0.39, 0.29) is 35.6 Å². The van der Waals surface area contributed by atoms with E-state index in [0.717, 1.165) is 69.6 Å². The molecule has 0 saturated carbocycles. The number of benzene rings is 1. The van der Waals surface area contributed by atoms with Crippen molar-refractivity contribution >= 4 is 29.9 Å². The first-order valence-corrected chi connectivity index (χ1v) is 11.1. The van der Waals surface area contributed by atoms with Gasteiger partial charge in [0.1, 0.15) is 12.4 Å². The Kier molecular flexibility index (Phi) is 10.8. The van der Waals surface area contributed by atoms with Crippen LogP contribution >= 0.6 is 24.0 Å². The number of aryl methyl sites for hydroxylation is 1. The predicted molar refractivity (Wildman–Crippen MR) is 136 cm³/mol. The standard InChI is InChI=1S/C23H38N4O3.HI/c1-18-7-8-19(21(14-18)30-16-20-6-5-11-29-20)15-25-22(24-4)26-17-23(2,3)27-9-12-28-13-10-27;/h7-8,14,20H,5-6,9-13,15-17H2,1-4H3,(H2,24,25,26);1H. The van der Waals surface area contributed by atoms with Crippen LogP contribution in [0.1, 0.15) is 37.8 Å². The fourth-order valence-corrected chi connectivity index (χ4v) is 3.88. The van der Waals surface area contributed by atoms with Crippen LogP contribution in [0.2, 0.25) is 0 Å². The molecule has 2 aliphatic heterocycles. The van der Waals surface area contributed by atoms with Crippen molar-refractivity contribution < 1.29 is 14.2 Å². The smallest absolute Gasteiger partial charge is 0.191 e. The Morgan fingerprint density at radius 1 is 1.23 bits per heavy atom. The van der Waals surface area contributed by atoms with Crippen LogP contribution in [0.5, 0.6) is 5.75 Å². The van der Waals surface area contributed by atoms with Gasteiger partial charge < -0.3 is 24.8 Å². The third-order valence-electron chi connectivity index (χ3n) is 5.90. The number of rotatable bonds is 8. The fraction of sp³-hybridized carbons (Fsp3) is 0.696. The van der Waals surface area contributed by atoms with E-state index in [9.17, 15) is 0 Å². The molecular weight excluding hydrogens is 507 g/mol. The van der Waals surface area contributed by atoms with Gasteiger partial charge in [0.25, 0.3) is 0 Å². The van der Waals surface area contributed by atoms with Gasteiger partial charge in [-0.05, 0) is 45.2 Å². The molecule has 0 amide bonds. The van der Waals surface area contributed by atoms with E-state index in [1.807, 2.05) is 0 Å². The molecule has 176 valence electrons. The van der Waals surface area contributed by atoms with Gasteiger partial charge in [-0.2, -0.15) is 0 Å². The monoisotopic (exact) mass is 546 g/mol. The summed E-state index contributed by atoms with van der Waals surface area (Å²) in [5.41, 5.74) is 2.34. The Hall–Kier alpha value is -1.10. The van der Waals surface area contributed by atoms with Crippen molar-refractivity contribution in [3.05, 3.63) is 29.3 Å². The molecule has 2 N–H and O–H groups in total. The molecule has 0 bridgehead atoms. The SMILES string of the molecule is CN=C(NCc1ccc(C)cc1OCC1CCCO1)NCC(C)(C)N1CCOCC1.I. The lowest BCUT2D eigenvalue weighted by atomic mass is 10.0. The molecule has 2 saturated heterocycles. The van der Waals surface area contributed by atoms with E-state index in [2.05, 4.69) is 59.5 Å². The number of aliphatic imine (C=N–C) groups is 1. The number of ether oxygens (including phenoxy) is 3. The average Bonchev–Trinajstić information content (AvgIpc) is 3.27. The van der Waals surface area contributed by atoms with Crippen molar-refractivity contribution in [1.82, 2.24) is 15.5 Å². The molecule has 1 aromatic carbocycles. The molecule has 8 heteroatoms. The highest BCUT2D eigenvalue weighted by Gasteiger charge is 2.28. The summed E-state index contributed by atoms with van der Waals surface area (Å²) in [7, 11) is 1.81. The Morgan fingerprint density at radius 3 is 2.68 bits per heavy atom. The minimum absolute atomic E-state index is 0. The maximum atomic E-state index is 6.12. The number of nitrogens with zero attached hydrogens (tertiary/aromatic N) is 2. The average molecular weight is 546 g/mol. The highest BCUT2D eigenvalue weighted by Crippen LogP contribution is 2.22. The predicted octanol–water partition coefficient (Wildman–Crippen LogP) is 2.95. The highest BCUT2D eigenvalue weighted by molar-refractivity contribution is 14.0. The zero-order chi connectivity index (χ0) is 21.4. The first kappa shape index (κ1) is 26.2. The van der Waals surface area contributed by atoms with Crippen LogP contribution < -0.4 is 15.4 Å². The lowest BCUT2D eigenvalue weighted by molar-refractivity contribution is -0.00834. The summed E-state index contributed by atoms with van der Waals surface area (Å²) < 4.78 is 17.3.